The molecular formula is C13H21NO2. The maximum absolute atomic E-state index is 11.0. The van der Waals surface area contributed by atoms with Crippen LogP contribution in [0, 0.1) is 17.8 Å². The molecule has 1 atom stereocenters. The monoisotopic (exact) mass is 223 g/mol. The second-order valence-corrected chi connectivity index (χ2v) is 6.40. The normalized spacial score (nSPS) is 46.9. The van der Waals surface area contributed by atoms with Crippen molar-refractivity contribution in [3.8, 4) is 0 Å². The molecule has 0 heterocycles. The lowest BCUT2D eigenvalue weighted by atomic mass is 9.53. The summed E-state index contributed by atoms with van der Waals surface area (Å²) in [6, 6.07) is -0.392. The Bertz CT molecular complexity index is 278. The maximum Gasteiger partial charge on any atom is 0.320 e. The molecule has 0 spiro atoms. The first-order valence-electron chi connectivity index (χ1n) is 6.57. The van der Waals surface area contributed by atoms with Gasteiger partial charge >= 0.3 is 5.97 Å². The maximum atomic E-state index is 11.0. The van der Waals surface area contributed by atoms with Gasteiger partial charge < -0.3 is 5.11 Å². The standard InChI is InChI=1S/C13H21NO2/c1-8(12(15)16)14-13-5-9-2-10(6-13)4-11(3-9)7-13/h8-11,14H,2-7H2,1H3,(H,15,16)/t8-,9?,10?,11?,13?/m0/s1. The van der Waals surface area contributed by atoms with Crippen molar-refractivity contribution in [2.45, 2.75) is 57.0 Å². The van der Waals surface area contributed by atoms with Crippen LogP contribution in [0.4, 0.5) is 0 Å². The summed E-state index contributed by atoms with van der Waals surface area (Å²) in [5, 5.41) is 12.4. The summed E-state index contributed by atoms with van der Waals surface area (Å²) in [6.07, 6.45) is 7.87. The Kier molecular flexibility index (Phi) is 2.29. The first-order valence-corrected chi connectivity index (χ1v) is 6.57. The van der Waals surface area contributed by atoms with Crippen molar-refractivity contribution >= 4 is 5.97 Å². The van der Waals surface area contributed by atoms with E-state index in [0.29, 0.717) is 0 Å². The van der Waals surface area contributed by atoms with E-state index >= 15 is 0 Å². The first kappa shape index (κ1) is 10.6. The van der Waals surface area contributed by atoms with Crippen LogP contribution in [0.5, 0.6) is 0 Å². The minimum absolute atomic E-state index is 0.173. The molecule has 0 aromatic carbocycles. The van der Waals surface area contributed by atoms with Crippen LogP contribution in [0.1, 0.15) is 45.4 Å². The van der Waals surface area contributed by atoms with Crippen molar-refractivity contribution in [3.63, 3.8) is 0 Å². The van der Waals surface area contributed by atoms with E-state index < -0.39 is 12.0 Å². The van der Waals surface area contributed by atoms with Gasteiger partial charge in [-0.25, -0.2) is 0 Å². The van der Waals surface area contributed by atoms with Gasteiger partial charge in [0, 0.05) is 5.54 Å². The van der Waals surface area contributed by atoms with Gasteiger partial charge in [-0.2, -0.15) is 0 Å². The first-order chi connectivity index (χ1) is 7.56. The van der Waals surface area contributed by atoms with Crippen LogP contribution < -0.4 is 5.32 Å². The highest BCUT2D eigenvalue weighted by Crippen LogP contribution is 2.55. The fraction of sp³-hybridized carbons (Fsp3) is 0.923. The summed E-state index contributed by atoms with van der Waals surface area (Å²) >= 11 is 0. The van der Waals surface area contributed by atoms with Crippen LogP contribution >= 0.6 is 0 Å². The molecule has 4 bridgehead atoms. The van der Waals surface area contributed by atoms with Gasteiger partial charge in [0.25, 0.3) is 0 Å². The van der Waals surface area contributed by atoms with Gasteiger partial charge in [0.05, 0.1) is 0 Å². The Morgan fingerprint density at radius 3 is 2.00 bits per heavy atom. The smallest absolute Gasteiger partial charge is 0.320 e. The highest BCUT2D eigenvalue weighted by Gasteiger charge is 2.51. The lowest BCUT2D eigenvalue weighted by Crippen LogP contribution is -2.61. The van der Waals surface area contributed by atoms with E-state index in [4.69, 9.17) is 5.11 Å². The zero-order valence-electron chi connectivity index (χ0n) is 9.91. The molecule has 16 heavy (non-hydrogen) atoms. The van der Waals surface area contributed by atoms with E-state index in [0.717, 1.165) is 17.8 Å². The highest BCUT2D eigenvalue weighted by molar-refractivity contribution is 5.73. The zero-order valence-corrected chi connectivity index (χ0v) is 9.91. The number of rotatable bonds is 3. The topological polar surface area (TPSA) is 49.3 Å². The minimum atomic E-state index is -0.712. The molecule has 4 fully saturated rings. The molecular weight excluding hydrogens is 202 g/mol. The second-order valence-electron chi connectivity index (χ2n) is 6.40. The van der Waals surface area contributed by atoms with E-state index in [2.05, 4.69) is 5.32 Å². The van der Waals surface area contributed by atoms with Crippen molar-refractivity contribution in [3.05, 3.63) is 0 Å². The van der Waals surface area contributed by atoms with E-state index in [1.54, 1.807) is 6.92 Å². The third-order valence-corrected chi connectivity index (χ3v) is 4.93. The molecule has 4 saturated carbocycles. The molecule has 3 nitrogen and oxygen atoms in total. The summed E-state index contributed by atoms with van der Waals surface area (Å²) < 4.78 is 0. The van der Waals surface area contributed by atoms with Crippen LogP contribution in [0.15, 0.2) is 0 Å². The van der Waals surface area contributed by atoms with Crippen molar-refractivity contribution in [2.24, 2.45) is 17.8 Å². The van der Waals surface area contributed by atoms with Crippen LogP contribution in [-0.2, 0) is 4.79 Å². The van der Waals surface area contributed by atoms with Crippen molar-refractivity contribution in [2.75, 3.05) is 0 Å². The average molecular weight is 223 g/mol. The summed E-state index contributed by atoms with van der Waals surface area (Å²) in [5.41, 5.74) is 0.173. The number of nitrogens with one attached hydrogen (secondary N) is 1. The zero-order chi connectivity index (χ0) is 11.3. The fourth-order valence-corrected chi connectivity index (χ4v) is 4.81. The van der Waals surface area contributed by atoms with E-state index in [9.17, 15) is 4.79 Å². The van der Waals surface area contributed by atoms with Crippen LogP contribution in [0.3, 0.4) is 0 Å². The predicted molar refractivity (Wildman–Crippen MR) is 61.1 cm³/mol. The van der Waals surface area contributed by atoms with Crippen LogP contribution in [0.2, 0.25) is 0 Å². The molecule has 4 aliphatic rings. The van der Waals surface area contributed by atoms with Crippen molar-refractivity contribution < 1.29 is 9.90 Å². The summed E-state index contributed by atoms with van der Waals surface area (Å²) in [7, 11) is 0. The number of carbonyl (C=O) groups is 1. The van der Waals surface area contributed by atoms with Gasteiger partial charge in [-0.3, -0.25) is 10.1 Å². The molecule has 0 saturated heterocycles. The molecule has 4 rings (SSSR count). The third-order valence-electron chi connectivity index (χ3n) is 4.93. The Hall–Kier alpha value is -0.570. The van der Waals surface area contributed by atoms with Crippen LogP contribution in [-0.4, -0.2) is 22.7 Å². The Balaban J connectivity index is 1.76. The summed E-state index contributed by atoms with van der Waals surface area (Å²) in [5.74, 6) is 1.91. The highest BCUT2D eigenvalue weighted by atomic mass is 16.4. The van der Waals surface area contributed by atoms with E-state index in [1.165, 1.54) is 38.5 Å². The molecule has 90 valence electrons. The minimum Gasteiger partial charge on any atom is -0.480 e. The molecule has 2 N–H and O–H groups in total. The molecule has 0 unspecified atom stereocenters. The number of aliphatic carboxylic acids is 1. The molecule has 0 aromatic rings. The lowest BCUT2D eigenvalue weighted by molar-refractivity contribution is -0.140. The molecule has 0 radical (unpaired) electrons. The number of hydrogen-bond donors (Lipinski definition) is 2. The Morgan fingerprint density at radius 1 is 1.19 bits per heavy atom. The summed E-state index contributed by atoms with van der Waals surface area (Å²) in [6.45, 7) is 1.78. The number of hydrogen-bond acceptors (Lipinski definition) is 2. The quantitative estimate of drug-likeness (QED) is 0.769. The lowest BCUT2D eigenvalue weighted by Gasteiger charge is -2.57. The summed E-state index contributed by atoms with van der Waals surface area (Å²) in [4.78, 5) is 11.0. The Morgan fingerprint density at radius 2 is 1.62 bits per heavy atom. The Labute approximate surface area is 96.6 Å². The number of carboxylic acids is 1. The van der Waals surface area contributed by atoms with Gasteiger partial charge in [0.2, 0.25) is 0 Å². The van der Waals surface area contributed by atoms with Gasteiger partial charge in [0.1, 0.15) is 6.04 Å². The predicted octanol–water partition coefficient (Wildman–Crippen LogP) is 2.02. The molecule has 0 aliphatic heterocycles. The van der Waals surface area contributed by atoms with E-state index in [-0.39, 0.29) is 5.54 Å². The molecule has 0 amide bonds. The number of carboxylic acid groups (broad SMARTS) is 1. The van der Waals surface area contributed by atoms with Crippen molar-refractivity contribution in [1.29, 1.82) is 0 Å². The van der Waals surface area contributed by atoms with Gasteiger partial charge in [0.15, 0.2) is 0 Å². The van der Waals surface area contributed by atoms with Gasteiger partial charge in [-0.15, -0.1) is 0 Å². The molecule has 0 aromatic heterocycles. The fourth-order valence-electron chi connectivity index (χ4n) is 4.81. The van der Waals surface area contributed by atoms with E-state index in [1.807, 2.05) is 0 Å². The van der Waals surface area contributed by atoms with Gasteiger partial charge in [-0.1, -0.05) is 0 Å². The molecule has 4 aliphatic carbocycles. The largest absolute Gasteiger partial charge is 0.480 e. The third kappa shape index (κ3) is 1.65. The molecule has 3 heteroatoms. The van der Waals surface area contributed by atoms with Crippen LogP contribution in [0.25, 0.3) is 0 Å². The second kappa shape index (κ2) is 3.46. The van der Waals surface area contributed by atoms with Gasteiger partial charge in [-0.05, 0) is 63.2 Å². The average Bonchev–Trinajstić information content (AvgIpc) is 2.13. The van der Waals surface area contributed by atoms with Crippen molar-refractivity contribution in [1.82, 2.24) is 5.32 Å². The SMILES string of the molecule is C[C@H](NC12CC3CC(CC(C3)C1)C2)C(=O)O.